The van der Waals surface area contributed by atoms with Crippen molar-refractivity contribution in [3.05, 3.63) is 29.8 Å². The van der Waals surface area contributed by atoms with E-state index < -0.39 is 0 Å². The van der Waals surface area contributed by atoms with Crippen LogP contribution in [0.15, 0.2) is 24.3 Å². The van der Waals surface area contributed by atoms with Crippen LogP contribution in [0.25, 0.3) is 0 Å². The molecule has 1 atom stereocenters. The highest BCUT2D eigenvalue weighted by atomic mass is 35.5. The normalized spacial score (nSPS) is 11.4. The third kappa shape index (κ3) is 4.64. The lowest BCUT2D eigenvalue weighted by Crippen LogP contribution is -2.28. The molecule has 16 heavy (non-hydrogen) atoms. The number of benzene rings is 1. The average molecular weight is 243 g/mol. The van der Waals surface area contributed by atoms with Crippen molar-refractivity contribution in [2.24, 2.45) is 5.92 Å². The fourth-order valence-corrected chi connectivity index (χ4v) is 1.30. The van der Waals surface area contributed by atoms with Gasteiger partial charge >= 0.3 is 0 Å². The number of carbonyl (C=O) groups is 1. The molecule has 1 aromatic rings. The van der Waals surface area contributed by atoms with Gasteiger partial charge in [0.2, 0.25) is 5.91 Å². The number of amides is 1. The minimum Gasteiger partial charge on any atom is -0.326 e. The van der Waals surface area contributed by atoms with E-state index in [1.807, 2.05) is 45.2 Å². The van der Waals surface area contributed by atoms with E-state index in [0.29, 0.717) is 6.54 Å². The Morgan fingerprint density at radius 1 is 1.31 bits per heavy atom. The van der Waals surface area contributed by atoms with Gasteiger partial charge in [0.1, 0.15) is 0 Å². The van der Waals surface area contributed by atoms with Crippen LogP contribution in [0.2, 0.25) is 0 Å². The van der Waals surface area contributed by atoms with Gasteiger partial charge in [-0.3, -0.25) is 4.79 Å². The largest absolute Gasteiger partial charge is 0.326 e. The topological polar surface area (TPSA) is 41.1 Å². The fraction of sp³-hybridized carbons (Fsp3) is 0.417. The summed E-state index contributed by atoms with van der Waals surface area (Å²) in [4.78, 5) is 11.6. The molecule has 0 radical (unpaired) electrons. The minimum absolute atomic E-state index is 0. The summed E-state index contributed by atoms with van der Waals surface area (Å²) in [5.41, 5.74) is 2.05. The first-order valence-corrected chi connectivity index (χ1v) is 5.15. The molecule has 90 valence electrons. The lowest BCUT2D eigenvalue weighted by atomic mass is 10.1. The molecule has 1 unspecified atom stereocenters. The SMILES string of the molecule is CNCC(C)C(=O)Nc1ccc(C)cc1.Cl. The van der Waals surface area contributed by atoms with E-state index in [1.165, 1.54) is 5.56 Å². The van der Waals surface area contributed by atoms with Crippen molar-refractivity contribution in [2.45, 2.75) is 13.8 Å². The average Bonchev–Trinajstić information content (AvgIpc) is 2.22. The van der Waals surface area contributed by atoms with Gasteiger partial charge in [-0.25, -0.2) is 0 Å². The smallest absolute Gasteiger partial charge is 0.228 e. The predicted molar refractivity (Wildman–Crippen MR) is 70.1 cm³/mol. The second-order valence-corrected chi connectivity index (χ2v) is 3.81. The van der Waals surface area contributed by atoms with Gasteiger partial charge in [0.05, 0.1) is 0 Å². The quantitative estimate of drug-likeness (QED) is 0.850. The van der Waals surface area contributed by atoms with E-state index >= 15 is 0 Å². The molecule has 0 spiro atoms. The van der Waals surface area contributed by atoms with Crippen LogP contribution in [0.1, 0.15) is 12.5 Å². The van der Waals surface area contributed by atoms with E-state index in [1.54, 1.807) is 0 Å². The number of hydrogen-bond acceptors (Lipinski definition) is 2. The number of anilines is 1. The molecule has 0 heterocycles. The molecule has 0 bridgehead atoms. The van der Waals surface area contributed by atoms with Gasteiger partial charge in [0, 0.05) is 18.2 Å². The van der Waals surface area contributed by atoms with Crippen LogP contribution in [0, 0.1) is 12.8 Å². The predicted octanol–water partition coefficient (Wildman–Crippen LogP) is 2.21. The lowest BCUT2D eigenvalue weighted by Gasteiger charge is -2.11. The Morgan fingerprint density at radius 3 is 2.38 bits per heavy atom. The van der Waals surface area contributed by atoms with Crippen molar-refractivity contribution in [1.82, 2.24) is 5.32 Å². The summed E-state index contributed by atoms with van der Waals surface area (Å²) in [5.74, 6) is 0.0320. The van der Waals surface area contributed by atoms with Gasteiger partial charge in [0.25, 0.3) is 0 Å². The molecule has 0 saturated heterocycles. The van der Waals surface area contributed by atoms with Gasteiger partial charge in [-0.2, -0.15) is 0 Å². The van der Waals surface area contributed by atoms with E-state index in [-0.39, 0.29) is 24.2 Å². The molecule has 0 fully saturated rings. The molecular formula is C12H19ClN2O. The van der Waals surface area contributed by atoms with Crippen molar-refractivity contribution in [1.29, 1.82) is 0 Å². The highest BCUT2D eigenvalue weighted by Gasteiger charge is 2.11. The Balaban J connectivity index is 0.00000225. The summed E-state index contributed by atoms with van der Waals surface area (Å²) >= 11 is 0. The molecule has 0 saturated carbocycles. The van der Waals surface area contributed by atoms with Crippen LogP contribution in [0.4, 0.5) is 5.69 Å². The molecule has 1 rings (SSSR count). The van der Waals surface area contributed by atoms with Crippen LogP contribution in [0.3, 0.4) is 0 Å². The Morgan fingerprint density at radius 2 is 1.88 bits per heavy atom. The molecule has 2 N–H and O–H groups in total. The van der Waals surface area contributed by atoms with Crippen molar-refractivity contribution in [3.8, 4) is 0 Å². The zero-order valence-electron chi connectivity index (χ0n) is 9.91. The zero-order chi connectivity index (χ0) is 11.3. The van der Waals surface area contributed by atoms with Crippen molar-refractivity contribution < 1.29 is 4.79 Å². The Hall–Kier alpha value is -1.06. The van der Waals surface area contributed by atoms with Crippen LogP contribution in [-0.4, -0.2) is 19.5 Å². The first kappa shape index (κ1) is 14.9. The molecular weight excluding hydrogens is 224 g/mol. The molecule has 1 aromatic carbocycles. The summed E-state index contributed by atoms with van der Waals surface area (Å²) < 4.78 is 0. The maximum Gasteiger partial charge on any atom is 0.228 e. The molecule has 0 aliphatic rings. The summed E-state index contributed by atoms with van der Waals surface area (Å²) in [6, 6.07) is 7.80. The zero-order valence-corrected chi connectivity index (χ0v) is 10.7. The molecule has 0 aliphatic carbocycles. The Kier molecular flexibility index (Phi) is 6.77. The Labute approximate surface area is 103 Å². The van der Waals surface area contributed by atoms with Gasteiger partial charge in [0.15, 0.2) is 0 Å². The van der Waals surface area contributed by atoms with Gasteiger partial charge in [-0.1, -0.05) is 24.6 Å². The molecule has 0 aromatic heterocycles. The maximum atomic E-state index is 11.6. The standard InChI is InChI=1S/C12H18N2O.ClH/c1-9-4-6-11(7-5-9)14-12(15)10(2)8-13-3;/h4-7,10,13H,8H2,1-3H3,(H,14,15);1H. The molecule has 4 heteroatoms. The third-order valence-electron chi connectivity index (χ3n) is 2.28. The molecule has 3 nitrogen and oxygen atoms in total. The van der Waals surface area contributed by atoms with Crippen molar-refractivity contribution in [3.63, 3.8) is 0 Å². The second-order valence-electron chi connectivity index (χ2n) is 3.81. The first-order chi connectivity index (χ1) is 7.13. The van der Waals surface area contributed by atoms with E-state index in [2.05, 4.69) is 10.6 Å². The number of carbonyl (C=O) groups excluding carboxylic acids is 1. The fourth-order valence-electron chi connectivity index (χ4n) is 1.30. The van der Waals surface area contributed by atoms with Crippen LogP contribution in [-0.2, 0) is 4.79 Å². The summed E-state index contributed by atoms with van der Waals surface area (Å²) in [6.07, 6.45) is 0. The van der Waals surface area contributed by atoms with Gasteiger partial charge < -0.3 is 10.6 Å². The highest BCUT2D eigenvalue weighted by Crippen LogP contribution is 2.09. The number of nitrogens with one attached hydrogen (secondary N) is 2. The molecule has 1 amide bonds. The van der Waals surface area contributed by atoms with Gasteiger partial charge in [-0.05, 0) is 26.1 Å². The monoisotopic (exact) mass is 242 g/mol. The van der Waals surface area contributed by atoms with Crippen LogP contribution < -0.4 is 10.6 Å². The lowest BCUT2D eigenvalue weighted by molar-refractivity contribution is -0.119. The van der Waals surface area contributed by atoms with E-state index in [9.17, 15) is 4.79 Å². The summed E-state index contributed by atoms with van der Waals surface area (Å²) in [6.45, 7) is 4.62. The summed E-state index contributed by atoms with van der Waals surface area (Å²) in [7, 11) is 1.84. The van der Waals surface area contributed by atoms with Crippen LogP contribution >= 0.6 is 12.4 Å². The van der Waals surface area contributed by atoms with Crippen molar-refractivity contribution in [2.75, 3.05) is 18.9 Å². The summed E-state index contributed by atoms with van der Waals surface area (Å²) in [5, 5.41) is 5.86. The number of halogens is 1. The Bertz CT molecular complexity index is 324. The van der Waals surface area contributed by atoms with E-state index in [0.717, 1.165) is 5.69 Å². The minimum atomic E-state index is -0.0173. The number of rotatable bonds is 4. The van der Waals surface area contributed by atoms with E-state index in [4.69, 9.17) is 0 Å². The second kappa shape index (κ2) is 7.25. The first-order valence-electron chi connectivity index (χ1n) is 5.15. The third-order valence-corrected chi connectivity index (χ3v) is 2.28. The number of hydrogen-bond donors (Lipinski definition) is 2. The van der Waals surface area contributed by atoms with Crippen molar-refractivity contribution >= 4 is 24.0 Å². The van der Waals surface area contributed by atoms with Gasteiger partial charge in [-0.15, -0.1) is 12.4 Å². The highest BCUT2D eigenvalue weighted by molar-refractivity contribution is 5.92. The molecule has 0 aliphatic heterocycles. The maximum absolute atomic E-state index is 11.6. The number of aryl methyl sites for hydroxylation is 1. The van der Waals surface area contributed by atoms with Crippen LogP contribution in [0.5, 0.6) is 0 Å².